The van der Waals surface area contributed by atoms with Gasteiger partial charge in [0.1, 0.15) is 17.6 Å². The molecular formula is C31H32ClFN2O3. The van der Waals surface area contributed by atoms with E-state index < -0.39 is 11.9 Å². The van der Waals surface area contributed by atoms with Crippen LogP contribution in [0.1, 0.15) is 49.3 Å². The van der Waals surface area contributed by atoms with Crippen LogP contribution in [0.2, 0.25) is 5.02 Å². The summed E-state index contributed by atoms with van der Waals surface area (Å²) in [4.78, 5) is 28.8. The van der Waals surface area contributed by atoms with Gasteiger partial charge in [0.15, 0.2) is 6.61 Å². The van der Waals surface area contributed by atoms with Crippen LogP contribution in [0.3, 0.4) is 0 Å². The van der Waals surface area contributed by atoms with Gasteiger partial charge in [-0.3, -0.25) is 9.59 Å². The molecule has 0 fully saturated rings. The Balaban J connectivity index is 1.58. The number of rotatable bonds is 11. The number of nitrogens with one attached hydrogen (secondary N) is 1. The van der Waals surface area contributed by atoms with Gasteiger partial charge in [0.05, 0.1) is 5.02 Å². The molecule has 3 aromatic carbocycles. The van der Waals surface area contributed by atoms with Crippen molar-refractivity contribution in [3.8, 4) is 5.75 Å². The van der Waals surface area contributed by atoms with Crippen LogP contribution in [0.4, 0.5) is 4.39 Å². The first-order chi connectivity index (χ1) is 18.5. The van der Waals surface area contributed by atoms with Crippen molar-refractivity contribution < 1.29 is 18.7 Å². The van der Waals surface area contributed by atoms with Crippen molar-refractivity contribution >= 4 is 23.4 Å². The maximum Gasteiger partial charge on any atom is 0.261 e. The largest absolute Gasteiger partial charge is 0.482 e. The smallest absolute Gasteiger partial charge is 0.261 e. The molecule has 0 unspecified atom stereocenters. The minimum atomic E-state index is -0.899. The van der Waals surface area contributed by atoms with E-state index in [0.29, 0.717) is 28.4 Å². The van der Waals surface area contributed by atoms with Gasteiger partial charge in [-0.25, -0.2) is 4.39 Å². The molecule has 4 rings (SSSR count). The minimum Gasteiger partial charge on any atom is -0.482 e. The summed E-state index contributed by atoms with van der Waals surface area (Å²) < 4.78 is 19.3. The first-order valence-electron chi connectivity index (χ1n) is 12.9. The lowest BCUT2D eigenvalue weighted by Crippen LogP contribution is -2.45. The number of benzene rings is 3. The number of para-hydroxylation sites is 1. The van der Waals surface area contributed by atoms with Gasteiger partial charge in [-0.15, -0.1) is 0 Å². The molecule has 1 aliphatic carbocycles. The predicted molar refractivity (Wildman–Crippen MR) is 147 cm³/mol. The second kappa shape index (κ2) is 13.8. The summed E-state index contributed by atoms with van der Waals surface area (Å²) in [5.41, 5.74) is 2.73. The van der Waals surface area contributed by atoms with Gasteiger partial charge >= 0.3 is 0 Å². The highest BCUT2D eigenvalue weighted by atomic mass is 35.5. The first kappa shape index (κ1) is 27.4. The van der Waals surface area contributed by atoms with Crippen molar-refractivity contribution in [3.63, 3.8) is 0 Å². The van der Waals surface area contributed by atoms with E-state index in [1.165, 1.54) is 35.4 Å². The number of hydrogen-bond acceptors (Lipinski definition) is 3. The first-order valence-corrected chi connectivity index (χ1v) is 13.3. The van der Waals surface area contributed by atoms with Crippen LogP contribution in [0.5, 0.6) is 5.75 Å². The Morgan fingerprint density at radius 2 is 1.71 bits per heavy atom. The van der Waals surface area contributed by atoms with Crippen LogP contribution < -0.4 is 10.1 Å². The Kier molecular flexibility index (Phi) is 9.93. The molecule has 7 heteroatoms. The van der Waals surface area contributed by atoms with Crippen LogP contribution in [0.25, 0.3) is 0 Å². The van der Waals surface area contributed by atoms with Gasteiger partial charge in [0.25, 0.3) is 5.91 Å². The van der Waals surface area contributed by atoms with Crippen LogP contribution in [-0.2, 0) is 16.1 Å². The lowest BCUT2D eigenvalue weighted by molar-refractivity contribution is -0.143. The fraction of sp³-hybridized carbons (Fsp3) is 0.290. The molecule has 1 N–H and O–H groups in total. The lowest BCUT2D eigenvalue weighted by atomic mass is 9.97. The fourth-order valence-electron chi connectivity index (χ4n) is 4.58. The quantitative estimate of drug-likeness (QED) is 0.281. The number of ether oxygens (including phenoxy) is 1. The van der Waals surface area contributed by atoms with E-state index in [9.17, 15) is 14.0 Å². The topological polar surface area (TPSA) is 58.6 Å². The van der Waals surface area contributed by atoms with Gasteiger partial charge in [-0.05, 0) is 67.5 Å². The van der Waals surface area contributed by atoms with E-state index in [0.717, 1.165) is 19.3 Å². The molecule has 0 aliphatic heterocycles. The number of allylic oxidation sites excluding steroid dienone is 1. The molecule has 0 radical (unpaired) electrons. The molecule has 1 aliphatic rings. The molecule has 3 aromatic rings. The summed E-state index contributed by atoms with van der Waals surface area (Å²) >= 11 is 6.21. The molecule has 0 saturated heterocycles. The second-order valence-corrected chi connectivity index (χ2v) is 9.74. The Bertz CT molecular complexity index is 1250. The van der Waals surface area contributed by atoms with Crippen LogP contribution in [-0.4, -0.2) is 29.9 Å². The Morgan fingerprint density at radius 3 is 2.42 bits per heavy atom. The van der Waals surface area contributed by atoms with Gasteiger partial charge in [0, 0.05) is 13.1 Å². The van der Waals surface area contributed by atoms with E-state index >= 15 is 0 Å². The molecule has 5 nitrogen and oxygen atoms in total. The SMILES string of the molecule is O=C(NCCC1=CCCCC1)[C@H](c1ccccc1)N(Cc1ccc(F)cc1)C(=O)COc1ccccc1Cl. The Morgan fingerprint density at radius 1 is 0.974 bits per heavy atom. The highest BCUT2D eigenvalue weighted by Crippen LogP contribution is 2.27. The molecular weight excluding hydrogens is 503 g/mol. The zero-order valence-corrected chi connectivity index (χ0v) is 22.0. The summed E-state index contributed by atoms with van der Waals surface area (Å²) in [7, 11) is 0. The zero-order valence-electron chi connectivity index (χ0n) is 21.2. The summed E-state index contributed by atoms with van der Waals surface area (Å²) in [5, 5.41) is 3.43. The van der Waals surface area contributed by atoms with E-state index in [4.69, 9.17) is 16.3 Å². The van der Waals surface area contributed by atoms with Gasteiger partial charge in [0.2, 0.25) is 5.91 Å². The van der Waals surface area contributed by atoms with E-state index in [1.54, 1.807) is 36.4 Å². The molecule has 38 heavy (non-hydrogen) atoms. The average molecular weight is 535 g/mol. The van der Waals surface area contributed by atoms with Crippen molar-refractivity contribution in [3.05, 3.63) is 112 Å². The second-order valence-electron chi connectivity index (χ2n) is 9.33. The van der Waals surface area contributed by atoms with Gasteiger partial charge in [-0.2, -0.15) is 0 Å². The Labute approximate surface area is 228 Å². The van der Waals surface area contributed by atoms with Crippen molar-refractivity contribution in [2.24, 2.45) is 0 Å². The molecule has 0 aromatic heterocycles. The fourth-order valence-corrected chi connectivity index (χ4v) is 4.77. The van der Waals surface area contributed by atoms with Crippen LogP contribution >= 0.6 is 11.6 Å². The summed E-state index contributed by atoms with van der Waals surface area (Å²) in [6.45, 7) is 0.278. The number of halogens is 2. The van der Waals surface area contributed by atoms with Crippen LogP contribution in [0, 0.1) is 5.82 Å². The average Bonchev–Trinajstić information content (AvgIpc) is 2.94. The maximum atomic E-state index is 13.7. The van der Waals surface area contributed by atoms with Gasteiger partial charge < -0.3 is 15.0 Å². The van der Waals surface area contributed by atoms with Crippen molar-refractivity contribution in [2.75, 3.05) is 13.2 Å². The van der Waals surface area contributed by atoms with Crippen molar-refractivity contribution in [1.29, 1.82) is 0 Å². The summed E-state index contributed by atoms with van der Waals surface area (Å²) in [5.74, 6) is -0.664. The van der Waals surface area contributed by atoms with Gasteiger partial charge in [-0.1, -0.05) is 77.8 Å². The molecule has 2 amide bonds. The molecule has 0 bridgehead atoms. The third kappa shape index (κ3) is 7.68. The number of carbonyl (C=O) groups is 2. The molecule has 0 saturated carbocycles. The molecule has 0 spiro atoms. The maximum absolute atomic E-state index is 13.7. The highest BCUT2D eigenvalue weighted by Gasteiger charge is 2.32. The number of hydrogen-bond donors (Lipinski definition) is 1. The lowest BCUT2D eigenvalue weighted by Gasteiger charge is -2.31. The van der Waals surface area contributed by atoms with Crippen LogP contribution in [0.15, 0.2) is 90.5 Å². The third-order valence-corrected chi connectivity index (χ3v) is 6.89. The summed E-state index contributed by atoms with van der Waals surface area (Å²) in [6, 6.07) is 21.1. The number of nitrogens with zero attached hydrogens (tertiary/aromatic N) is 1. The van der Waals surface area contributed by atoms with Crippen molar-refractivity contribution in [1.82, 2.24) is 10.2 Å². The Hall–Kier alpha value is -3.64. The standard InChI is InChI=1S/C31H32ClFN2O3/c32-27-13-7-8-14-28(27)38-22-29(36)35(21-24-15-17-26(33)18-16-24)30(25-11-5-2-6-12-25)31(37)34-20-19-23-9-3-1-4-10-23/h2,5-9,11-18,30H,1,3-4,10,19-22H2,(H,34,37)/t30-/m0/s1. The van der Waals surface area contributed by atoms with E-state index in [-0.39, 0.29) is 24.9 Å². The monoisotopic (exact) mass is 534 g/mol. The molecule has 0 heterocycles. The number of carbonyl (C=O) groups excluding carboxylic acids is 2. The molecule has 1 atom stereocenters. The number of amides is 2. The highest BCUT2D eigenvalue weighted by molar-refractivity contribution is 6.32. The van der Waals surface area contributed by atoms with E-state index in [2.05, 4.69) is 11.4 Å². The molecule has 198 valence electrons. The third-order valence-electron chi connectivity index (χ3n) is 6.58. The normalized spacial score (nSPS) is 13.8. The predicted octanol–water partition coefficient (Wildman–Crippen LogP) is 6.63. The van der Waals surface area contributed by atoms with Crippen molar-refractivity contribution in [2.45, 2.75) is 44.7 Å². The zero-order chi connectivity index (χ0) is 26.7. The summed E-state index contributed by atoms with van der Waals surface area (Å²) in [6.07, 6.45) is 7.59. The van der Waals surface area contributed by atoms with E-state index in [1.807, 2.05) is 30.3 Å². The minimum absolute atomic E-state index is 0.100.